The summed E-state index contributed by atoms with van der Waals surface area (Å²) >= 11 is 0.965. The molecule has 274 valence electrons. The summed E-state index contributed by atoms with van der Waals surface area (Å²) in [7, 11) is 2.24. The monoisotopic (exact) mass is 828 g/mol. The number of benzene rings is 1. The zero-order chi connectivity index (χ0) is 35.8. The molecule has 0 radical (unpaired) electrons. The van der Waals surface area contributed by atoms with Gasteiger partial charge < -0.3 is 57.4 Å². The molecule has 0 aliphatic carbocycles. The quantitative estimate of drug-likeness (QED) is 0.0840. The number of amides is 1. The third-order valence-corrected chi connectivity index (χ3v) is 7.90. The van der Waals surface area contributed by atoms with Crippen LogP contribution in [-0.2, 0) is 35.2 Å². The number of quaternary nitrogens is 1. The maximum atomic E-state index is 13.0. The van der Waals surface area contributed by atoms with Crippen molar-refractivity contribution in [1.29, 1.82) is 0 Å². The van der Waals surface area contributed by atoms with E-state index in [4.69, 9.17) is 23.8 Å². The van der Waals surface area contributed by atoms with E-state index in [1.807, 2.05) is 29.2 Å². The first-order valence-corrected chi connectivity index (χ1v) is 16.7. The van der Waals surface area contributed by atoms with E-state index in [9.17, 15) is 19.5 Å². The summed E-state index contributed by atoms with van der Waals surface area (Å²) in [5.74, 6) is -1.82. The third kappa shape index (κ3) is 12.8. The lowest BCUT2D eigenvalue weighted by Gasteiger charge is -2.37. The van der Waals surface area contributed by atoms with E-state index in [0.717, 1.165) is 66.3 Å². The lowest BCUT2D eigenvalue weighted by atomic mass is 10.1. The Morgan fingerprint density at radius 3 is 2.34 bits per heavy atom. The lowest BCUT2D eigenvalue weighted by Crippen LogP contribution is -3.00. The van der Waals surface area contributed by atoms with Gasteiger partial charge in [0.05, 0.1) is 39.5 Å². The molecule has 0 saturated carbocycles. The summed E-state index contributed by atoms with van der Waals surface area (Å²) in [5.41, 5.74) is -0.392. The summed E-state index contributed by atoms with van der Waals surface area (Å²) in [4.78, 5) is 46.7. The van der Waals surface area contributed by atoms with Gasteiger partial charge in [-0.05, 0) is 59.2 Å². The SMILES string of the molecule is CC(C)(C)OC(=O)Nc1nc(/C(=N/O[C@@H](COc2ccc(-c3cnn(CC[N+]4(C)CCOCC4)c3)cc2)C(=O)OC(C)(C)C)C(=O)O)cs1.[I-]. The van der Waals surface area contributed by atoms with E-state index < -0.39 is 41.0 Å². The molecule has 1 aliphatic rings. The van der Waals surface area contributed by atoms with Gasteiger partial charge in [0.2, 0.25) is 5.71 Å². The lowest BCUT2D eigenvalue weighted by molar-refractivity contribution is -0.917. The molecule has 4 rings (SSSR count). The van der Waals surface area contributed by atoms with Gasteiger partial charge in [-0.3, -0.25) is 10.00 Å². The molecule has 1 saturated heterocycles. The second-order valence-corrected chi connectivity index (χ2v) is 14.6. The number of likely N-dealkylation sites (N-methyl/N-ethyl adjacent to an activating group) is 1. The number of esters is 1. The fourth-order valence-corrected chi connectivity index (χ4v) is 5.23. The number of oxime groups is 1. The Bertz CT molecular complexity index is 1620. The molecular formula is C33H45IN6O9S. The molecule has 0 unspecified atom stereocenters. The predicted octanol–water partition coefficient (Wildman–Crippen LogP) is 1.43. The highest BCUT2D eigenvalue weighted by Crippen LogP contribution is 2.23. The summed E-state index contributed by atoms with van der Waals surface area (Å²) in [5, 5.41) is 22.0. The van der Waals surface area contributed by atoms with Gasteiger partial charge in [-0.15, -0.1) is 11.3 Å². The zero-order valence-corrected chi connectivity index (χ0v) is 32.3. The molecule has 1 fully saturated rings. The van der Waals surface area contributed by atoms with Crippen LogP contribution in [0.1, 0.15) is 47.2 Å². The van der Waals surface area contributed by atoms with Crippen LogP contribution in [0.25, 0.3) is 11.1 Å². The Kier molecular flexibility index (Phi) is 14.1. The summed E-state index contributed by atoms with van der Waals surface area (Å²) in [6, 6.07) is 7.25. The van der Waals surface area contributed by atoms with E-state index in [1.165, 1.54) is 5.38 Å². The first kappa shape index (κ1) is 40.6. The first-order chi connectivity index (χ1) is 23.0. The number of hydrogen-bond acceptors (Lipinski definition) is 12. The average Bonchev–Trinajstić information content (AvgIpc) is 3.66. The van der Waals surface area contributed by atoms with E-state index in [2.05, 4.69) is 27.6 Å². The van der Waals surface area contributed by atoms with Crippen LogP contribution >= 0.6 is 11.3 Å². The Morgan fingerprint density at radius 2 is 1.72 bits per heavy atom. The maximum absolute atomic E-state index is 13.0. The van der Waals surface area contributed by atoms with Crippen LogP contribution in [0.15, 0.2) is 47.2 Å². The number of thiazole rings is 1. The minimum absolute atomic E-state index is 0. The highest BCUT2D eigenvalue weighted by molar-refractivity contribution is 7.14. The maximum Gasteiger partial charge on any atom is 0.413 e. The van der Waals surface area contributed by atoms with E-state index in [0.29, 0.717) is 5.75 Å². The van der Waals surface area contributed by atoms with Gasteiger partial charge in [-0.2, -0.15) is 5.10 Å². The Balaban J connectivity index is 0.00000676. The number of nitrogens with zero attached hydrogens (tertiary/aromatic N) is 5. The fraction of sp³-hybridized carbons (Fsp3) is 0.515. The molecule has 1 aromatic carbocycles. The van der Waals surface area contributed by atoms with Crippen LogP contribution in [0.5, 0.6) is 5.75 Å². The minimum atomic E-state index is -1.46. The van der Waals surface area contributed by atoms with Crippen molar-refractivity contribution in [3.63, 3.8) is 0 Å². The molecule has 50 heavy (non-hydrogen) atoms. The van der Waals surface area contributed by atoms with Gasteiger partial charge in [0, 0.05) is 17.1 Å². The average molecular weight is 829 g/mol. The van der Waals surface area contributed by atoms with Crippen LogP contribution in [-0.4, -0.2) is 112 Å². The molecule has 2 N–H and O–H groups in total. The molecule has 1 amide bonds. The van der Waals surface area contributed by atoms with Crippen LogP contribution in [0.2, 0.25) is 0 Å². The number of morpholine rings is 1. The van der Waals surface area contributed by atoms with Crippen LogP contribution < -0.4 is 34.0 Å². The number of nitrogens with one attached hydrogen (secondary N) is 1. The van der Waals surface area contributed by atoms with E-state index >= 15 is 0 Å². The predicted molar refractivity (Wildman–Crippen MR) is 182 cm³/mol. The number of aliphatic carboxylic acids is 1. The molecule has 0 spiro atoms. The van der Waals surface area contributed by atoms with Crippen molar-refractivity contribution in [2.24, 2.45) is 5.16 Å². The van der Waals surface area contributed by atoms with Gasteiger partial charge in [0.15, 0.2) is 5.13 Å². The second-order valence-electron chi connectivity index (χ2n) is 13.8. The van der Waals surface area contributed by atoms with Crippen molar-refractivity contribution in [3.8, 4) is 16.9 Å². The standard InChI is InChI=1S/C33H44N6O9S.HI/c1-32(2,3)46-29(42)26(48-37-27(28(40)41)25-21-49-30(35-25)36-31(43)47-33(4,5)6)20-45-24-10-8-22(9-11-24)23-18-34-38(19-23)12-13-39(7)14-16-44-17-15-39;/h8-11,18-19,21,26H,12-17,20H2,1-7H3,(H-,35,36,40,41,43);1H/b37-27-;/t26-;/m0./s1. The largest absolute Gasteiger partial charge is 1.00 e. The summed E-state index contributed by atoms with van der Waals surface area (Å²) < 4.78 is 24.9. The van der Waals surface area contributed by atoms with Gasteiger partial charge in [0.25, 0.3) is 6.10 Å². The first-order valence-electron chi connectivity index (χ1n) is 15.8. The molecule has 2 aromatic heterocycles. The van der Waals surface area contributed by atoms with Gasteiger partial charge in [0.1, 0.15) is 42.3 Å². The number of aromatic nitrogens is 3. The Morgan fingerprint density at radius 1 is 1.06 bits per heavy atom. The Hall–Kier alpha value is -3.81. The number of anilines is 1. The third-order valence-electron chi connectivity index (χ3n) is 7.14. The highest BCUT2D eigenvalue weighted by atomic mass is 127. The van der Waals surface area contributed by atoms with Gasteiger partial charge in [-0.1, -0.05) is 17.3 Å². The second kappa shape index (κ2) is 17.4. The van der Waals surface area contributed by atoms with Gasteiger partial charge >= 0.3 is 18.0 Å². The molecule has 1 atom stereocenters. The van der Waals surface area contributed by atoms with Crippen LogP contribution in [0, 0.1) is 0 Å². The smallest absolute Gasteiger partial charge is 0.413 e. The molecule has 3 aromatic rings. The molecule has 1 aliphatic heterocycles. The number of carbonyl (C=O) groups is 3. The van der Waals surface area contributed by atoms with E-state index in [1.54, 1.807) is 53.7 Å². The number of ether oxygens (including phenoxy) is 4. The number of carbonyl (C=O) groups excluding carboxylic acids is 2. The molecule has 17 heteroatoms. The molecule has 15 nitrogen and oxygen atoms in total. The number of carboxylic acids is 1. The van der Waals surface area contributed by atoms with Crippen molar-refractivity contribution in [2.75, 3.05) is 51.8 Å². The Labute approximate surface area is 312 Å². The van der Waals surface area contributed by atoms with Crippen LogP contribution in [0.4, 0.5) is 9.93 Å². The molecule has 0 bridgehead atoms. The minimum Gasteiger partial charge on any atom is -1.00 e. The number of halogens is 1. The topological polar surface area (TPSA) is 173 Å². The molecule has 3 heterocycles. The van der Waals surface area contributed by atoms with Crippen molar-refractivity contribution < 1.29 is 71.7 Å². The normalized spacial score (nSPS) is 15.3. The summed E-state index contributed by atoms with van der Waals surface area (Å²) in [6.45, 7) is 15.2. The number of hydrogen-bond donors (Lipinski definition) is 2. The zero-order valence-electron chi connectivity index (χ0n) is 29.3. The van der Waals surface area contributed by atoms with E-state index in [-0.39, 0.29) is 41.4 Å². The van der Waals surface area contributed by atoms with Crippen LogP contribution in [0.3, 0.4) is 0 Å². The highest BCUT2D eigenvalue weighted by Gasteiger charge is 2.30. The summed E-state index contributed by atoms with van der Waals surface area (Å²) in [6.07, 6.45) is 1.66. The molecular weight excluding hydrogens is 783 g/mol. The fourth-order valence-electron chi connectivity index (χ4n) is 4.55. The number of carboxylic acid groups (broad SMARTS) is 1. The van der Waals surface area contributed by atoms with Crippen molar-refractivity contribution in [2.45, 2.75) is 65.4 Å². The van der Waals surface area contributed by atoms with Crippen molar-refractivity contribution in [1.82, 2.24) is 14.8 Å². The van der Waals surface area contributed by atoms with Gasteiger partial charge in [-0.25, -0.2) is 19.4 Å². The van der Waals surface area contributed by atoms with Crippen molar-refractivity contribution in [3.05, 3.63) is 47.7 Å². The van der Waals surface area contributed by atoms with Crippen molar-refractivity contribution >= 4 is 40.2 Å². The number of rotatable bonds is 13.